The molecule has 1 aromatic carbocycles. The minimum Gasteiger partial charge on any atom is -0.365 e. The van der Waals surface area contributed by atoms with Crippen LogP contribution in [-0.2, 0) is 35.1 Å². The van der Waals surface area contributed by atoms with E-state index in [1.807, 2.05) is 30.3 Å². The fraction of sp³-hybridized carbons (Fsp3) is 0.621. The molecule has 3 N–H and O–H groups in total. The van der Waals surface area contributed by atoms with Crippen molar-refractivity contribution >= 4 is 29.4 Å². The van der Waals surface area contributed by atoms with Gasteiger partial charge in [0.25, 0.3) is 0 Å². The number of carbonyl (C=O) groups is 5. The number of ether oxygens (including phenoxy) is 1. The van der Waals surface area contributed by atoms with E-state index in [0.29, 0.717) is 58.1 Å². The van der Waals surface area contributed by atoms with Crippen molar-refractivity contribution in [2.75, 3.05) is 13.2 Å². The smallest absolute Gasteiger partial charge is 0.246 e. The second kappa shape index (κ2) is 12.7. The zero-order chi connectivity index (χ0) is 28.0. The molecule has 3 fully saturated rings. The summed E-state index contributed by atoms with van der Waals surface area (Å²) in [5.74, 6) is -1.41. The van der Waals surface area contributed by atoms with Gasteiger partial charge in [-0.3, -0.25) is 24.0 Å². The molecule has 4 rings (SSSR count). The molecule has 4 amide bonds. The van der Waals surface area contributed by atoms with E-state index in [4.69, 9.17) is 4.74 Å². The Morgan fingerprint density at radius 2 is 1.77 bits per heavy atom. The number of epoxide rings is 1. The number of carbonyl (C=O) groups excluding carboxylic acids is 5. The van der Waals surface area contributed by atoms with Crippen LogP contribution in [0.3, 0.4) is 0 Å². The molecule has 212 valence electrons. The number of nitrogens with one attached hydrogen (secondary N) is 3. The molecule has 10 heteroatoms. The predicted octanol–water partition coefficient (Wildman–Crippen LogP) is 1.41. The largest absolute Gasteiger partial charge is 0.365 e. The highest BCUT2D eigenvalue weighted by Gasteiger charge is 2.43. The molecule has 0 radical (unpaired) electrons. The summed E-state index contributed by atoms with van der Waals surface area (Å²) < 4.78 is 5.02. The Bertz CT molecular complexity index is 1070. The lowest BCUT2D eigenvalue weighted by molar-refractivity contribution is -0.144. The standard InChI is InChI=1S/C29H40N4O6/c1-3-29(2)28(38)31-21(17-19-11-6-4-7-12-19)27(37)33-16-10-14-22(33)26(36)30-20(25(35)32-29)13-8-5-9-15-23(34)24-18-39-24/h4,6-7,11-12,20-22,24H,3,5,8-10,13-18H2,1-2H3,(H,30,36)(H,31,38)(H,32,35)/t20-,21+,22-,24+,29-/m1/s1. The summed E-state index contributed by atoms with van der Waals surface area (Å²) in [6.07, 6.45) is 4.32. The van der Waals surface area contributed by atoms with Crippen LogP contribution in [0.1, 0.15) is 70.8 Å². The molecule has 0 saturated carbocycles. The average molecular weight is 541 g/mol. The molecule has 5 atom stereocenters. The van der Waals surface area contributed by atoms with Gasteiger partial charge in [0, 0.05) is 19.4 Å². The van der Waals surface area contributed by atoms with Crippen molar-refractivity contribution in [3.8, 4) is 0 Å². The zero-order valence-corrected chi connectivity index (χ0v) is 22.9. The van der Waals surface area contributed by atoms with Crippen molar-refractivity contribution in [3.05, 3.63) is 35.9 Å². The highest BCUT2D eigenvalue weighted by Crippen LogP contribution is 2.22. The van der Waals surface area contributed by atoms with Crippen molar-refractivity contribution in [1.82, 2.24) is 20.9 Å². The second-order valence-corrected chi connectivity index (χ2v) is 11.0. The minimum atomic E-state index is -1.27. The number of hydrogen-bond donors (Lipinski definition) is 3. The number of unbranched alkanes of at least 4 members (excludes halogenated alkanes) is 2. The van der Waals surface area contributed by atoms with E-state index in [-0.39, 0.29) is 30.1 Å². The number of fused-ring (bicyclic) bond motifs is 1. The van der Waals surface area contributed by atoms with E-state index in [9.17, 15) is 24.0 Å². The van der Waals surface area contributed by atoms with Gasteiger partial charge in [0.05, 0.1) is 6.61 Å². The Morgan fingerprint density at radius 1 is 1.03 bits per heavy atom. The minimum absolute atomic E-state index is 0.105. The summed E-state index contributed by atoms with van der Waals surface area (Å²) in [6.45, 7) is 4.35. The lowest BCUT2D eigenvalue weighted by atomic mass is 9.94. The maximum Gasteiger partial charge on any atom is 0.246 e. The van der Waals surface area contributed by atoms with Gasteiger partial charge < -0.3 is 25.6 Å². The third-order valence-corrected chi connectivity index (χ3v) is 8.07. The molecule has 1 aromatic rings. The number of rotatable bonds is 10. The van der Waals surface area contributed by atoms with Crippen LogP contribution in [0, 0.1) is 0 Å². The highest BCUT2D eigenvalue weighted by atomic mass is 16.6. The fourth-order valence-corrected chi connectivity index (χ4v) is 5.29. The van der Waals surface area contributed by atoms with Crippen molar-refractivity contribution in [2.45, 2.75) is 101 Å². The van der Waals surface area contributed by atoms with Gasteiger partial charge >= 0.3 is 0 Å². The van der Waals surface area contributed by atoms with Crippen LogP contribution in [0.25, 0.3) is 0 Å². The molecule has 0 aliphatic carbocycles. The Morgan fingerprint density at radius 3 is 2.46 bits per heavy atom. The van der Waals surface area contributed by atoms with E-state index in [2.05, 4.69) is 16.0 Å². The number of nitrogens with zero attached hydrogens (tertiary/aromatic N) is 1. The SMILES string of the molecule is CC[C@@]1(C)NC(=O)[C@@H](CCCCCC(=O)[C@@H]2CO2)NC(=O)[C@H]2CCCN2C(=O)[C@H](Cc2ccccc2)NC1=O. The molecule has 3 aliphatic heterocycles. The van der Waals surface area contributed by atoms with Crippen LogP contribution in [0.15, 0.2) is 30.3 Å². The van der Waals surface area contributed by atoms with E-state index in [1.165, 1.54) is 0 Å². The Balaban J connectivity index is 1.51. The molecule has 10 nitrogen and oxygen atoms in total. The van der Waals surface area contributed by atoms with Crippen LogP contribution in [0.4, 0.5) is 0 Å². The van der Waals surface area contributed by atoms with Crippen molar-refractivity contribution in [3.63, 3.8) is 0 Å². The molecule has 0 unspecified atom stereocenters. The van der Waals surface area contributed by atoms with Gasteiger partial charge in [0.1, 0.15) is 29.8 Å². The number of Topliss-reactive ketones (excluding diaryl/α,β-unsaturated/α-hetero) is 1. The average Bonchev–Trinajstić information content (AvgIpc) is 3.67. The molecule has 39 heavy (non-hydrogen) atoms. The van der Waals surface area contributed by atoms with Gasteiger partial charge in [-0.2, -0.15) is 0 Å². The zero-order valence-electron chi connectivity index (χ0n) is 22.9. The van der Waals surface area contributed by atoms with Crippen LogP contribution >= 0.6 is 0 Å². The quantitative estimate of drug-likeness (QED) is 0.303. The highest BCUT2D eigenvalue weighted by molar-refractivity contribution is 5.99. The molecular formula is C29H40N4O6. The Hall–Kier alpha value is -3.27. The molecule has 0 aromatic heterocycles. The van der Waals surface area contributed by atoms with Gasteiger partial charge in [-0.15, -0.1) is 0 Å². The third-order valence-electron chi connectivity index (χ3n) is 8.07. The van der Waals surface area contributed by atoms with Crippen molar-refractivity contribution < 1.29 is 28.7 Å². The molecule has 0 spiro atoms. The first-order valence-corrected chi connectivity index (χ1v) is 14.1. The van der Waals surface area contributed by atoms with E-state index in [1.54, 1.807) is 18.7 Å². The maximum atomic E-state index is 13.7. The molecule has 3 saturated heterocycles. The number of benzene rings is 1. The first-order valence-electron chi connectivity index (χ1n) is 14.1. The Kier molecular flexibility index (Phi) is 9.37. The van der Waals surface area contributed by atoms with E-state index >= 15 is 0 Å². The summed E-state index contributed by atoms with van der Waals surface area (Å²) in [7, 11) is 0. The molecular weight excluding hydrogens is 500 g/mol. The molecule has 3 heterocycles. The molecule has 0 bridgehead atoms. The van der Waals surface area contributed by atoms with Gasteiger partial charge in [-0.1, -0.05) is 50.1 Å². The predicted molar refractivity (Wildman–Crippen MR) is 143 cm³/mol. The third kappa shape index (κ3) is 7.23. The maximum absolute atomic E-state index is 13.7. The van der Waals surface area contributed by atoms with Gasteiger partial charge in [-0.05, 0) is 44.6 Å². The monoisotopic (exact) mass is 540 g/mol. The van der Waals surface area contributed by atoms with Crippen LogP contribution in [0.2, 0.25) is 0 Å². The Labute approximate surface area is 229 Å². The first kappa shape index (κ1) is 28.7. The van der Waals surface area contributed by atoms with Crippen LogP contribution in [0.5, 0.6) is 0 Å². The lowest BCUT2D eigenvalue weighted by Crippen LogP contribution is -2.65. The summed E-state index contributed by atoms with van der Waals surface area (Å²) in [4.78, 5) is 67.5. The number of ketones is 1. The van der Waals surface area contributed by atoms with Crippen LogP contribution < -0.4 is 16.0 Å². The van der Waals surface area contributed by atoms with E-state index < -0.39 is 35.5 Å². The summed E-state index contributed by atoms with van der Waals surface area (Å²) in [5, 5.41) is 8.65. The second-order valence-electron chi connectivity index (χ2n) is 11.0. The van der Waals surface area contributed by atoms with E-state index in [0.717, 1.165) is 12.0 Å². The number of hydrogen-bond acceptors (Lipinski definition) is 6. The van der Waals surface area contributed by atoms with Crippen LogP contribution in [-0.4, -0.2) is 77.2 Å². The summed E-state index contributed by atoms with van der Waals surface area (Å²) in [6, 6.07) is 7.00. The summed E-state index contributed by atoms with van der Waals surface area (Å²) in [5.41, 5.74) is -0.382. The van der Waals surface area contributed by atoms with Crippen molar-refractivity contribution in [1.29, 1.82) is 0 Å². The lowest BCUT2D eigenvalue weighted by Gasteiger charge is -2.36. The van der Waals surface area contributed by atoms with Gasteiger partial charge in [-0.25, -0.2) is 0 Å². The first-order chi connectivity index (χ1) is 18.7. The molecule has 3 aliphatic rings. The number of amides is 4. The van der Waals surface area contributed by atoms with Crippen molar-refractivity contribution in [2.24, 2.45) is 0 Å². The normalized spacial score (nSPS) is 29.4. The van der Waals surface area contributed by atoms with Gasteiger partial charge in [0.15, 0.2) is 5.78 Å². The summed E-state index contributed by atoms with van der Waals surface area (Å²) >= 11 is 0. The van der Waals surface area contributed by atoms with Gasteiger partial charge in [0.2, 0.25) is 23.6 Å². The fourth-order valence-electron chi connectivity index (χ4n) is 5.29. The topological polar surface area (TPSA) is 137 Å².